The molecule has 3 aliphatic rings. The number of ether oxygens (including phenoxy) is 2. The van der Waals surface area contributed by atoms with E-state index < -0.39 is 6.18 Å². The standard InChI is InChI=1S/C24H35NO3.C4H8.C3H6.C2H3F3.C2H6/c1-5-28-23(26)16-19-9-6-7-11-20-21-15-18(17(2)3)10-8-12-22(21)25(24(19)20)13-14-27-4;1-4(2)3;1-3-2;1-2(3,4)5;1-2/h8,10,12,15,17,19,22H,5-7,9,11,13-14,16H2,1-4H3;1H2,2-3H3;3H,1H2,2H3;1H3;1-2H3. The van der Waals surface area contributed by atoms with Crippen molar-refractivity contribution in [3.05, 3.63) is 71.5 Å². The molecule has 0 aromatic heterocycles. The van der Waals surface area contributed by atoms with E-state index in [1.54, 1.807) is 13.2 Å². The van der Waals surface area contributed by atoms with Crippen LogP contribution in [-0.2, 0) is 14.3 Å². The van der Waals surface area contributed by atoms with Gasteiger partial charge in [0, 0.05) is 32.2 Å². The van der Waals surface area contributed by atoms with E-state index in [0.29, 0.717) is 25.6 Å². The topological polar surface area (TPSA) is 38.8 Å². The van der Waals surface area contributed by atoms with E-state index >= 15 is 0 Å². The van der Waals surface area contributed by atoms with Crippen molar-refractivity contribution in [2.45, 2.75) is 107 Å². The molecule has 3 rings (SSSR count). The molecule has 1 heterocycles. The lowest BCUT2D eigenvalue weighted by Gasteiger charge is -2.32. The number of hydrogen-bond acceptors (Lipinski definition) is 4. The van der Waals surface area contributed by atoms with Gasteiger partial charge in [-0.1, -0.05) is 70.1 Å². The second-order valence-corrected chi connectivity index (χ2v) is 10.6. The first kappa shape index (κ1) is 41.6. The minimum Gasteiger partial charge on any atom is -0.466 e. The van der Waals surface area contributed by atoms with Crippen LogP contribution in [-0.4, -0.2) is 50.0 Å². The van der Waals surface area contributed by atoms with Gasteiger partial charge in [-0.05, 0) is 69.6 Å². The predicted molar refractivity (Wildman–Crippen MR) is 172 cm³/mol. The number of rotatable bonds is 7. The number of carbonyl (C=O) groups excluding carboxylic acids is 1. The SMILES string of the molecule is C=C(C)C.C=CC.CC.CC(F)(F)F.CCOC(=O)CC1CCCCC2=C1N(CCOC)C1C=CC=C(C(C)C)C=C21. The Morgan fingerprint density at radius 2 is 1.76 bits per heavy atom. The van der Waals surface area contributed by atoms with Gasteiger partial charge in [-0.3, -0.25) is 4.79 Å². The third-order valence-electron chi connectivity index (χ3n) is 6.06. The number of methoxy groups -OCH3 is 1. The summed E-state index contributed by atoms with van der Waals surface area (Å²) in [6.45, 7) is 25.3. The van der Waals surface area contributed by atoms with Crippen molar-refractivity contribution < 1.29 is 27.4 Å². The largest absolute Gasteiger partial charge is 0.466 e. The summed E-state index contributed by atoms with van der Waals surface area (Å²) in [5, 5.41) is 0. The highest BCUT2D eigenvalue weighted by molar-refractivity contribution is 5.70. The van der Waals surface area contributed by atoms with Crippen LogP contribution in [0.3, 0.4) is 0 Å². The van der Waals surface area contributed by atoms with E-state index in [1.165, 1.54) is 34.4 Å². The van der Waals surface area contributed by atoms with E-state index in [4.69, 9.17) is 9.47 Å². The van der Waals surface area contributed by atoms with E-state index in [2.05, 4.69) is 56.2 Å². The van der Waals surface area contributed by atoms with Crippen molar-refractivity contribution in [2.24, 2.45) is 11.8 Å². The molecule has 1 aliphatic heterocycles. The fourth-order valence-corrected chi connectivity index (χ4v) is 4.71. The number of alkyl halides is 3. The zero-order chi connectivity index (χ0) is 32.9. The number of carbonyl (C=O) groups is 1. The first-order valence-electron chi connectivity index (χ1n) is 15.2. The molecule has 42 heavy (non-hydrogen) atoms. The van der Waals surface area contributed by atoms with Gasteiger partial charge in [-0.15, -0.1) is 13.2 Å². The van der Waals surface area contributed by atoms with E-state index in [1.807, 2.05) is 41.5 Å². The van der Waals surface area contributed by atoms with Gasteiger partial charge in [0.05, 0.1) is 25.7 Å². The first-order valence-corrected chi connectivity index (χ1v) is 15.2. The zero-order valence-electron chi connectivity index (χ0n) is 28.0. The van der Waals surface area contributed by atoms with Gasteiger partial charge in [0.15, 0.2) is 0 Å². The van der Waals surface area contributed by atoms with E-state index in [0.717, 1.165) is 25.8 Å². The van der Waals surface area contributed by atoms with Crippen LogP contribution in [0.25, 0.3) is 0 Å². The highest BCUT2D eigenvalue weighted by Gasteiger charge is 2.39. The van der Waals surface area contributed by atoms with Crippen LogP contribution >= 0.6 is 0 Å². The van der Waals surface area contributed by atoms with Gasteiger partial charge in [-0.2, -0.15) is 13.2 Å². The van der Waals surface area contributed by atoms with Crippen molar-refractivity contribution in [1.82, 2.24) is 4.90 Å². The maximum Gasteiger partial charge on any atom is 0.386 e. The van der Waals surface area contributed by atoms with Crippen LogP contribution in [0.5, 0.6) is 0 Å². The number of allylic oxidation sites excluding steroid dienone is 7. The number of esters is 1. The summed E-state index contributed by atoms with van der Waals surface area (Å²) in [6, 6.07) is 0.246. The molecule has 0 radical (unpaired) electrons. The van der Waals surface area contributed by atoms with Gasteiger partial charge < -0.3 is 14.4 Å². The number of halogens is 3. The lowest BCUT2D eigenvalue weighted by molar-refractivity contribution is -0.144. The number of hydrogen-bond donors (Lipinski definition) is 0. The summed E-state index contributed by atoms with van der Waals surface area (Å²) < 4.78 is 41.8. The van der Waals surface area contributed by atoms with Crippen molar-refractivity contribution >= 4 is 5.97 Å². The normalized spacial score (nSPS) is 18.8. The Morgan fingerprint density at radius 1 is 1.21 bits per heavy atom. The summed E-state index contributed by atoms with van der Waals surface area (Å²) in [4.78, 5) is 14.8. The molecule has 0 amide bonds. The average molecular weight is 598 g/mol. The van der Waals surface area contributed by atoms with Gasteiger partial charge in [-0.25, -0.2) is 0 Å². The molecule has 2 aliphatic carbocycles. The summed E-state index contributed by atoms with van der Waals surface area (Å²) in [7, 11) is 1.76. The molecule has 0 bridgehead atoms. The van der Waals surface area contributed by atoms with Crippen LogP contribution in [0.15, 0.2) is 71.5 Å². The monoisotopic (exact) mass is 597 g/mol. The molecule has 0 aromatic rings. The fraction of sp³-hybridized carbons (Fsp3) is 0.629. The highest BCUT2D eigenvalue weighted by Crippen LogP contribution is 2.46. The first-order chi connectivity index (χ1) is 19.7. The molecule has 242 valence electrons. The average Bonchev–Trinajstić information content (AvgIpc) is 3.05. The fourth-order valence-electron chi connectivity index (χ4n) is 4.71. The molecule has 0 aromatic carbocycles. The summed E-state index contributed by atoms with van der Waals surface area (Å²) in [5.41, 5.74) is 6.80. The lowest BCUT2D eigenvalue weighted by atomic mass is 9.92. The second-order valence-electron chi connectivity index (χ2n) is 10.6. The third kappa shape index (κ3) is 17.4. The van der Waals surface area contributed by atoms with Crippen molar-refractivity contribution in [3.63, 3.8) is 0 Å². The third-order valence-corrected chi connectivity index (χ3v) is 6.06. The highest BCUT2D eigenvalue weighted by atomic mass is 19.4. The maximum atomic E-state index is 12.3. The predicted octanol–water partition coefficient (Wildman–Crippen LogP) is 10.2. The van der Waals surface area contributed by atoms with Crippen molar-refractivity contribution in [3.8, 4) is 0 Å². The quantitative estimate of drug-likeness (QED) is 0.216. The van der Waals surface area contributed by atoms with Crippen LogP contribution in [0.1, 0.15) is 94.4 Å². The second kappa shape index (κ2) is 23.0. The smallest absolute Gasteiger partial charge is 0.386 e. The number of nitrogens with zero attached hydrogens (tertiary/aromatic N) is 1. The van der Waals surface area contributed by atoms with E-state index in [9.17, 15) is 18.0 Å². The van der Waals surface area contributed by atoms with Gasteiger partial charge in [0.25, 0.3) is 0 Å². The molecule has 0 saturated carbocycles. The Labute approximate surface area is 255 Å². The molecular weight excluding hydrogens is 539 g/mol. The van der Waals surface area contributed by atoms with Gasteiger partial charge >= 0.3 is 12.1 Å². The van der Waals surface area contributed by atoms with Crippen molar-refractivity contribution in [1.29, 1.82) is 0 Å². The molecular formula is C35H58F3NO3. The Hall–Kier alpha value is -2.54. The Morgan fingerprint density at radius 3 is 2.24 bits per heavy atom. The van der Waals surface area contributed by atoms with Crippen LogP contribution in [0, 0.1) is 11.8 Å². The summed E-state index contributed by atoms with van der Waals surface area (Å²) in [5.74, 6) is 0.655. The number of fused-ring (bicyclic) bond motifs is 2. The molecule has 0 spiro atoms. The molecule has 2 atom stereocenters. The molecule has 7 heteroatoms. The van der Waals surface area contributed by atoms with Crippen LogP contribution in [0.4, 0.5) is 13.2 Å². The molecule has 0 saturated heterocycles. The summed E-state index contributed by atoms with van der Waals surface area (Å²) >= 11 is 0. The van der Waals surface area contributed by atoms with Crippen molar-refractivity contribution in [2.75, 3.05) is 26.9 Å². The zero-order valence-corrected chi connectivity index (χ0v) is 28.0. The maximum absolute atomic E-state index is 12.3. The Balaban J connectivity index is 0. The van der Waals surface area contributed by atoms with Gasteiger partial charge in [0.1, 0.15) is 0 Å². The van der Waals surface area contributed by atoms with Crippen LogP contribution in [0.2, 0.25) is 0 Å². The minimum absolute atomic E-state index is 0.0766. The minimum atomic E-state index is -4.00. The Bertz CT molecular complexity index is 916. The Kier molecular flexibility index (Phi) is 22.8. The van der Waals surface area contributed by atoms with Gasteiger partial charge in [0.2, 0.25) is 0 Å². The molecule has 2 unspecified atom stereocenters. The van der Waals surface area contributed by atoms with Crippen LogP contribution < -0.4 is 0 Å². The molecule has 4 nitrogen and oxygen atoms in total. The van der Waals surface area contributed by atoms with E-state index in [-0.39, 0.29) is 24.9 Å². The summed E-state index contributed by atoms with van der Waals surface area (Å²) in [6.07, 6.45) is 11.9. The molecule has 0 N–H and O–H groups in total. The molecule has 0 fully saturated rings. The lowest BCUT2D eigenvalue weighted by Crippen LogP contribution is -2.35.